The molecule has 0 saturated carbocycles. The fourth-order valence-corrected chi connectivity index (χ4v) is 1.73. The molecular weight excluding hydrogens is 210 g/mol. The van der Waals surface area contributed by atoms with Crippen LogP contribution in [0.4, 0.5) is 0 Å². The number of ether oxygens (including phenoxy) is 1. The Labute approximate surface area is 102 Å². The number of para-hydroxylation sites is 1. The maximum atomic E-state index is 5.84. The van der Waals surface area contributed by atoms with E-state index in [4.69, 9.17) is 4.74 Å². The number of pyridine rings is 1. The Hall–Kier alpha value is -1.83. The smallest absolute Gasteiger partial charge is 0.123 e. The molecule has 0 amide bonds. The molecule has 88 valence electrons. The zero-order valence-electron chi connectivity index (χ0n) is 10.3. The average Bonchev–Trinajstić information content (AvgIpc) is 2.38. The minimum Gasteiger partial charge on any atom is -0.489 e. The van der Waals surface area contributed by atoms with Gasteiger partial charge in [0.2, 0.25) is 0 Å². The van der Waals surface area contributed by atoms with E-state index in [-0.39, 0.29) is 0 Å². The number of hydrogen-bond donors (Lipinski definition) is 0. The van der Waals surface area contributed by atoms with Gasteiger partial charge in [0.1, 0.15) is 12.4 Å². The molecule has 0 aliphatic carbocycles. The van der Waals surface area contributed by atoms with Crippen LogP contribution in [0.15, 0.2) is 48.8 Å². The van der Waals surface area contributed by atoms with Crippen LogP contribution in [0.2, 0.25) is 0 Å². The van der Waals surface area contributed by atoms with Gasteiger partial charge in [-0.25, -0.2) is 0 Å². The Balaban J connectivity index is 2.09. The predicted octanol–water partition coefficient (Wildman–Crippen LogP) is 3.78. The Morgan fingerprint density at radius 2 is 1.94 bits per heavy atom. The molecular formula is C15H17NO. The summed E-state index contributed by atoms with van der Waals surface area (Å²) < 4.78 is 5.84. The second-order valence-electron chi connectivity index (χ2n) is 4.34. The van der Waals surface area contributed by atoms with Crippen LogP contribution >= 0.6 is 0 Å². The highest BCUT2D eigenvalue weighted by atomic mass is 16.5. The second-order valence-corrected chi connectivity index (χ2v) is 4.34. The quantitative estimate of drug-likeness (QED) is 0.793. The van der Waals surface area contributed by atoms with Crippen LogP contribution in [-0.2, 0) is 6.61 Å². The summed E-state index contributed by atoms with van der Waals surface area (Å²) in [7, 11) is 0. The van der Waals surface area contributed by atoms with E-state index in [0.717, 1.165) is 11.3 Å². The summed E-state index contributed by atoms with van der Waals surface area (Å²) in [6.45, 7) is 4.91. The van der Waals surface area contributed by atoms with Gasteiger partial charge in [-0.15, -0.1) is 0 Å². The van der Waals surface area contributed by atoms with Crippen molar-refractivity contribution in [3.05, 3.63) is 59.9 Å². The Morgan fingerprint density at radius 3 is 2.65 bits per heavy atom. The average molecular weight is 227 g/mol. The summed E-state index contributed by atoms with van der Waals surface area (Å²) >= 11 is 0. The van der Waals surface area contributed by atoms with E-state index in [1.807, 2.05) is 36.5 Å². The van der Waals surface area contributed by atoms with Gasteiger partial charge in [0, 0.05) is 18.0 Å². The van der Waals surface area contributed by atoms with Crippen LogP contribution in [0.25, 0.3) is 0 Å². The number of benzene rings is 1. The second kappa shape index (κ2) is 5.48. The Morgan fingerprint density at radius 1 is 1.12 bits per heavy atom. The van der Waals surface area contributed by atoms with Crippen molar-refractivity contribution in [1.29, 1.82) is 0 Å². The van der Waals surface area contributed by atoms with Gasteiger partial charge in [-0.05, 0) is 23.6 Å². The fraction of sp³-hybridized carbons (Fsp3) is 0.267. The first-order valence-electron chi connectivity index (χ1n) is 5.88. The molecule has 0 atom stereocenters. The predicted molar refractivity (Wildman–Crippen MR) is 69.1 cm³/mol. The van der Waals surface area contributed by atoms with E-state index in [2.05, 4.69) is 24.9 Å². The van der Waals surface area contributed by atoms with Gasteiger partial charge in [0.25, 0.3) is 0 Å². The van der Waals surface area contributed by atoms with Crippen LogP contribution in [0, 0.1) is 0 Å². The minimum atomic E-state index is 0.472. The van der Waals surface area contributed by atoms with Crippen LogP contribution in [0.5, 0.6) is 5.75 Å². The van der Waals surface area contributed by atoms with Crippen molar-refractivity contribution in [2.75, 3.05) is 0 Å². The summed E-state index contributed by atoms with van der Waals surface area (Å²) in [5.74, 6) is 1.44. The van der Waals surface area contributed by atoms with E-state index in [1.54, 1.807) is 6.20 Å². The molecule has 1 aromatic carbocycles. The molecule has 0 fully saturated rings. The summed E-state index contributed by atoms with van der Waals surface area (Å²) in [5.41, 5.74) is 2.34. The normalized spacial score (nSPS) is 10.5. The van der Waals surface area contributed by atoms with Gasteiger partial charge in [-0.2, -0.15) is 0 Å². The van der Waals surface area contributed by atoms with Crippen molar-refractivity contribution < 1.29 is 4.74 Å². The molecule has 0 aliphatic rings. The van der Waals surface area contributed by atoms with Gasteiger partial charge in [-0.3, -0.25) is 4.98 Å². The van der Waals surface area contributed by atoms with Gasteiger partial charge >= 0.3 is 0 Å². The molecule has 0 spiro atoms. The molecule has 2 nitrogen and oxygen atoms in total. The van der Waals surface area contributed by atoms with E-state index in [1.165, 1.54) is 5.56 Å². The molecule has 0 unspecified atom stereocenters. The zero-order chi connectivity index (χ0) is 12.1. The van der Waals surface area contributed by atoms with Gasteiger partial charge in [-0.1, -0.05) is 38.1 Å². The molecule has 2 heteroatoms. The summed E-state index contributed by atoms with van der Waals surface area (Å²) in [6.07, 6.45) is 3.60. The zero-order valence-corrected chi connectivity index (χ0v) is 10.3. The van der Waals surface area contributed by atoms with Crippen molar-refractivity contribution >= 4 is 0 Å². The van der Waals surface area contributed by atoms with E-state index >= 15 is 0 Å². The van der Waals surface area contributed by atoms with Gasteiger partial charge in [0.05, 0.1) is 0 Å². The van der Waals surface area contributed by atoms with E-state index in [9.17, 15) is 0 Å². The number of hydrogen-bond acceptors (Lipinski definition) is 2. The lowest BCUT2D eigenvalue weighted by Crippen LogP contribution is -1.99. The third-order valence-electron chi connectivity index (χ3n) is 2.66. The summed E-state index contributed by atoms with van der Waals surface area (Å²) in [6, 6.07) is 12.1. The van der Waals surface area contributed by atoms with E-state index in [0.29, 0.717) is 12.5 Å². The molecule has 17 heavy (non-hydrogen) atoms. The summed E-state index contributed by atoms with van der Waals surface area (Å²) in [4.78, 5) is 4.07. The molecule has 1 aromatic heterocycles. The van der Waals surface area contributed by atoms with Crippen molar-refractivity contribution in [3.63, 3.8) is 0 Å². The Kier molecular flexibility index (Phi) is 3.76. The van der Waals surface area contributed by atoms with Crippen molar-refractivity contribution in [2.24, 2.45) is 0 Å². The molecule has 2 aromatic rings. The SMILES string of the molecule is CC(C)c1ccccc1OCc1cccnc1. The van der Waals surface area contributed by atoms with Crippen LogP contribution < -0.4 is 4.74 Å². The van der Waals surface area contributed by atoms with Crippen LogP contribution in [-0.4, -0.2) is 4.98 Å². The first-order valence-corrected chi connectivity index (χ1v) is 5.88. The third kappa shape index (κ3) is 3.06. The molecule has 1 heterocycles. The highest BCUT2D eigenvalue weighted by Gasteiger charge is 2.06. The van der Waals surface area contributed by atoms with E-state index < -0.39 is 0 Å². The molecule has 2 rings (SSSR count). The monoisotopic (exact) mass is 227 g/mol. The number of nitrogens with zero attached hydrogens (tertiary/aromatic N) is 1. The van der Waals surface area contributed by atoms with Gasteiger partial charge in [0.15, 0.2) is 0 Å². The maximum Gasteiger partial charge on any atom is 0.123 e. The van der Waals surface area contributed by atoms with Crippen molar-refractivity contribution in [3.8, 4) is 5.75 Å². The highest BCUT2D eigenvalue weighted by Crippen LogP contribution is 2.26. The number of rotatable bonds is 4. The van der Waals surface area contributed by atoms with Crippen molar-refractivity contribution in [2.45, 2.75) is 26.4 Å². The molecule has 0 aliphatic heterocycles. The largest absolute Gasteiger partial charge is 0.489 e. The van der Waals surface area contributed by atoms with Crippen LogP contribution in [0.3, 0.4) is 0 Å². The Bertz CT molecular complexity index is 465. The van der Waals surface area contributed by atoms with Gasteiger partial charge < -0.3 is 4.74 Å². The van der Waals surface area contributed by atoms with Crippen molar-refractivity contribution in [1.82, 2.24) is 4.98 Å². The standard InChI is InChI=1S/C15H17NO/c1-12(2)14-7-3-4-8-15(14)17-11-13-6-5-9-16-10-13/h3-10,12H,11H2,1-2H3. The lowest BCUT2D eigenvalue weighted by molar-refractivity contribution is 0.301. The maximum absolute atomic E-state index is 5.84. The molecule has 0 radical (unpaired) electrons. The topological polar surface area (TPSA) is 22.1 Å². The first kappa shape index (κ1) is 11.6. The molecule has 0 N–H and O–H groups in total. The third-order valence-corrected chi connectivity index (χ3v) is 2.66. The minimum absolute atomic E-state index is 0.472. The fourth-order valence-electron chi connectivity index (χ4n) is 1.73. The van der Waals surface area contributed by atoms with Crippen LogP contribution in [0.1, 0.15) is 30.9 Å². The number of aromatic nitrogens is 1. The molecule has 0 saturated heterocycles. The first-order chi connectivity index (χ1) is 8.27. The molecule has 0 bridgehead atoms. The highest BCUT2D eigenvalue weighted by molar-refractivity contribution is 5.35. The lowest BCUT2D eigenvalue weighted by Gasteiger charge is -2.13. The lowest BCUT2D eigenvalue weighted by atomic mass is 10.0. The summed E-state index contributed by atoms with van der Waals surface area (Å²) in [5, 5.41) is 0.